The maximum Gasteiger partial charge on any atom is 0.238 e. The Hall–Kier alpha value is -1.17. The van der Waals surface area contributed by atoms with Crippen LogP contribution in [-0.2, 0) is 17.8 Å². The number of benzene rings is 1. The number of halogens is 1. The van der Waals surface area contributed by atoms with E-state index in [-0.39, 0.29) is 5.91 Å². The lowest BCUT2D eigenvalue weighted by Gasteiger charge is -2.26. The van der Waals surface area contributed by atoms with Gasteiger partial charge in [0, 0.05) is 28.1 Å². The zero-order valence-corrected chi connectivity index (χ0v) is 14.3. The molecule has 0 saturated heterocycles. The molecular weight excluding hydrogens is 348 g/mol. The van der Waals surface area contributed by atoms with Crippen molar-refractivity contribution in [2.75, 3.05) is 18.4 Å². The van der Waals surface area contributed by atoms with Crippen molar-refractivity contribution in [1.82, 2.24) is 4.90 Å². The van der Waals surface area contributed by atoms with E-state index in [0.29, 0.717) is 6.54 Å². The van der Waals surface area contributed by atoms with Crippen molar-refractivity contribution in [2.24, 2.45) is 0 Å². The molecule has 0 atom stereocenters. The third kappa shape index (κ3) is 3.54. The summed E-state index contributed by atoms with van der Waals surface area (Å²) in [5.74, 6) is 0.0513. The van der Waals surface area contributed by atoms with Crippen molar-refractivity contribution < 1.29 is 4.79 Å². The molecule has 1 aromatic carbocycles. The molecule has 0 aliphatic carbocycles. The molecule has 2 aromatic rings. The normalized spacial score (nSPS) is 14.8. The van der Waals surface area contributed by atoms with E-state index in [4.69, 9.17) is 0 Å². The highest BCUT2D eigenvalue weighted by Gasteiger charge is 2.19. The number of rotatable bonds is 3. The number of fused-ring (bicyclic) bond motifs is 1. The first-order valence-electron chi connectivity index (χ1n) is 6.95. The van der Waals surface area contributed by atoms with Crippen LogP contribution in [0.5, 0.6) is 0 Å². The van der Waals surface area contributed by atoms with Crippen molar-refractivity contribution in [1.29, 1.82) is 0 Å². The van der Waals surface area contributed by atoms with Gasteiger partial charge in [0.05, 0.1) is 6.54 Å². The molecule has 0 saturated carbocycles. The second-order valence-electron chi connectivity index (χ2n) is 5.34. The highest BCUT2D eigenvalue weighted by molar-refractivity contribution is 9.10. The lowest BCUT2D eigenvalue weighted by Crippen LogP contribution is -2.36. The van der Waals surface area contributed by atoms with Gasteiger partial charge in [-0.2, -0.15) is 0 Å². The smallest absolute Gasteiger partial charge is 0.238 e. The summed E-state index contributed by atoms with van der Waals surface area (Å²) in [5.41, 5.74) is 3.35. The van der Waals surface area contributed by atoms with Crippen molar-refractivity contribution in [3.8, 4) is 0 Å². The number of nitrogens with zero attached hydrogens (tertiary/aromatic N) is 1. The van der Waals surface area contributed by atoms with Gasteiger partial charge in [-0.05, 0) is 54.1 Å². The van der Waals surface area contributed by atoms with Crippen LogP contribution in [0.2, 0.25) is 0 Å². The van der Waals surface area contributed by atoms with Gasteiger partial charge in [0.25, 0.3) is 0 Å². The third-order valence-electron chi connectivity index (χ3n) is 3.70. The van der Waals surface area contributed by atoms with Gasteiger partial charge in [-0.25, -0.2) is 0 Å². The minimum Gasteiger partial charge on any atom is -0.325 e. The Morgan fingerprint density at radius 1 is 1.43 bits per heavy atom. The molecule has 0 bridgehead atoms. The summed E-state index contributed by atoms with van der Waals surface area (Å²) < 4.78 is 1.06. The van der Waals surface area contributed by atoms with Crippen LogP contribution >= 0.6 is 27.3 Å². The van der Waals surface area contributed by atoms with E-state index >= 15 is 0 Å². The van der Waals surface area contributed by atoms with E-state index in [1.54, 1.807) is 0 Å². The Labute approximate surface area is 137 Å². The molecule has 0 fully saturated rings. The lowest BCUT2D eigenvalue weighted by molar-refractivity contribution is -0.117. The molecule has 1 aliphatic rings. The highest BCUT2D eigenvalue weighted by atomic mass is 79.9. The fourth-order valence-electron chi connectivity index (χ4n) is 2.57. The van der Waals surface area contributed by atoms with Gasteiger partial charge in [-0.15, -0.1) is 11.3 Å². The van der Waals surface area contributed by atoms with Crippen molar-refractivity contribution >= 4 is 38.9 Å². The quantitative estimate of drug-likeness (QED) is 0.897. The van der Waals surface area contributed by atoms with Crippen LogP contribution in [0.4, 0.5) is 5.69 Å². The molecular formula is C16H17BrN2OS. The highest BCUT2D eigenvalue weighted by Crippen LogP contribution is 2.24. The first kappa shape index (κ1) is 14.8. The maximum absolute atomic E-state index is 12.2. The number of anilines is 1. The number of aryl methyl sites for hydroxylation is 1. The van der Waals surface area contributed by atoms with Crippen LogP contribution in [0.15, 0.2) is 34.1 Å². The van der Waals surface area contributed by atoms with Gasteiger partial charge in [0.2, 0.25) is 5.91 Å². The topological polar surface area (TPSA) is 32.3 Å². The van der Waals surface area contributed by atoms with Crippen molar-refractivity contribution in [2.45, 2.75) is 19.9 Å². The SMILES string of the molecule is Cc1cc(NC(=O)CN2CCc3sccc3C2)ccc1Br. The van der Waals surface area contributed by atoms with Crippen LogP contribution in [0.3, 0.4) is 0 Å². The van der Waals surface area contributed by atoms with E-state index in [1.807, 2.05) is 36.5 Å². The van der Waals surface area contributed by atoms with E-state index in [1.165, 1.54) is 10.4 Å². The van der Waals surface area contributed by atoms with Crippen LogP contribution in [0.25, 0.3) is 0 Å². The molecule has 1 aliphatic heterocycles. The molecule has 2 heterocycles. The molecule has 1 amide bonds. The first-order valence-corrected chi connectivity index (χ1v) is 8.62. The average Bonchev–Trinajstić information content (AvgIpc) is 2.90. The van der Waals surface area contributed by atoms with E-state index in [0.717, 1.165) is 35.2 Å². The van der Waals surface area contributed by atoms with Gasteiger partial charge in [-0.1, -0.05) is 15.9 Å². The maximum atomic E-state index is 12.2. The zero-order valence-electron chi connectivity index (χ0n) is 11.9. The number of hydrogen-bond donors (Lipinski definition) is 1. The molecule has 0 spiro atoms. The number of carbonyl (C=O) groups is 1. The van der Waals surface area contributed by atoms with Gasteiger partial charge in [0.15, 0.2) is 0 Å². The second kappa shape index (κ2) is 6.30. The molecule has 1 aromatic heterocycles. The summed E-state index contributed by atoms with van der Waals surface area (Å²) in [6.45, 7) is 4.30. The summed E-state index contributed by atoms with van der Waals surface area (Å²) >= 11 is 5.29. The lowest BCUT2D eigenvalue weighted by atomic mass is 10.1. The number of nitrogens with one attached hydrogen (secondary N) is 1. The van der Waals surface area contributed by atoms with Gasteiger partial charge < -0.3 is 5.32 Å². The molecule has 1 N–H and O–H groups in total. The van der Waals surface area contributed by atoms with E-state index < -0.39 is 0 Å². The zero-order chi connectivity index (χ0) is 14.8. The summed E-state index contributed by atoms with van der Waals surface area (Å²) in [7, 11) is 0. The standard InChI is InChI=1S/C16H17BrN2OS/c1-11-8-13(2-3-14(11)17)18-16(20)10-19-6-4-15-12(9-19)5-7-21-15/h2-3,5,7-8H,4,6,9-10H2,1H3,(H,18,20). The van der Waals surface area contributed by atoms with Crippen LogP contribution < -0.4 is 5.32 Å². The van der Waals surface area contributed by atoms with Crippen LogP contribution in [-0.4, -0.2) is 23.9 Å². The average molecular weight is 365 g/mol. The van der Waals surface area contributed by atoms with Crippen LogP contribution in [0.1, 0.15) is 16.0 Å². The molecule has 110 valence electrons. The minimum absolute atomic E-state index is 0.0513. The van der Waals surface area contributed by atoms with Crippen molar-refractivity contribution in [3.05, 3.63) is 50.1 Å². The fourth-order valence-corrected chi connectivity index (χ4v) is 3.70. The van der Waals surface area contributed by atoms with E-state index in [9.17, 15) is 4.79 Å². The van der Waals surface area contributed by atoms with E-state index in [2.05, 4.69) is 37.6 Å². The monoisotopic (exact) mass is 364 g/mol. The Morgan fingerprint density at radius 3 is 3.10 bits per heavy atom. The Kier molecular flexibility index (Phi) is 4.42. The summed E-state index contributed by atoms with van der Waals surface area (Å²) in [4.78, 5) is 15.8. The predicted octanol–water partition coefficient (Wildman–Crippen LogP) is 3.82. The minimum atomic E-state index is 0.0513. The second-order valence-corrected chi connectivity index (χ2v) is 7.20. The molecule has 3 nitrogen and oxygen atoms in total. The largest absolute Gasteiger partial charge is 0.325 e. The van der Waals surface area contributed by atoms with Gasteiger partial charge in [-0.3, -0.25) is 9.69 Å². The van der Waals surface area contributed by atoms with Crippen LogP contribution in [0, 0.1) is 6.92 Å². The van der Waals surface area contributed by atoms with Gasteiger partial charge in [0.1, 0.15) is 0 Å². The summed E-state index contributed by atoms with van der Waals surface area (Å²) in [6, 6.07) is 8.03. The Balaban J connectivity index is 1.58. The Morgan fingerprint density at radius 2 is 2.29 bits per heavy atom. The number of amides is 1. The molecule has 21 heavy (non-hydrogen) atoms. The Bertz CT molecular complexity index is 668. The summed E-state index contributed by atoms with van der Waals surface area (Å²) in [6.07, 6.45) is 1.05. The third-order valence-corrected chi connectivity index (χ3v) is 5.61. The molecule has 0 unspecified atom stereocenters. The number of hydrogen-bond acceptors (Lipinski definition) is 3. The fraction of sp³-hybridized carbons (Fsp3) is 0.312. The van der Waals surface area contributed by atoms with Crippen molar-refractivity contribution in [3.63, 3.8) is 0 Å². The molecule has 3 rings (SSSR count). The summed E-state index contributed by atoms with van der Waals surface area (Å²) in [5, 5.41) is 5.11. The molecule has 0 radical (unpaired) electrons. The first-order chi connectivity index (χ1) is 10.1. The molecule has 5 heteroatoms. The predicted molar refractivity (Wildman–Crippen MR) is 90.8 cm³/mol. The number of carbonyl (C=O) groups excluding carboxylic acids is 1. The number of thiophene rings is 1. The van der Waals surface area contributed by atoms with Gasteiger partial charge >= 0.3 is 0 Å².